The first-order valence-electron chi connectivity index (χ1n) is 5.02. The van der Waals surface area contributed by atoms with Gasteiger partial charge in [-0.15, -0.1) is 0 Å². The van der Waals surface area contributed by atoms with E-state index in [1.54, 1.807) is 20.8 Å². The number of carboxylic acid groups (broad SMARTS) is 1. The molecule has 1 aliphatic heterocycles. The fraction of sp³-hybridized carbons (Fsp3) is 0.778. The number of aliphatic carboxylic acids is 1. The van der Waals surface area contributed by atoms with Crippen molar-refractivity contribution in [3.05, 3.63) is 0 Å². The molecule has 8 heteroatoms. The highest BCUT2D eigenvalue weighted by Crippen LogP contribution is 2.20. The molecule has 98 valence electrons. The van der Waals surface area contributed by atoms with Gasteiger partial charge in [-0.05, 0) is 20.8 Å². The van der Waals surface area contributed by atoms with Crippen LogP contribution in [0.1, 0.15) is 27.2 Å². The molecule has 1 aliphatic rings. The maximum atomic E-state index is 11.7. The number of carboxylic acids is 1. The molecule has 0 spiro atoms. The zero-order valence-electron chi connectivity index (χ0n) is 9.84. The topological polar surface area (TPSA) is 93.1 Å². The van der Waals surface area contributed by atoms with Crippen molar-refractivity contribution < 1.29 is 27.8 Å². The van der Waals surface area contributed by atoms with E-state index in [1.807, 2.05) is 0 Å². The second-order valence-electron chi connectivity index (χ2n) is 4.49. The molecule has 0 aromatic heterocycles. The maximum absolute atomic E-state index is 11.7. The van der Waals surface area contributed by atoms with Crippen molar-refractivity contribution in [1.29, 1.82) is 0 Å². The van der Waals surface area contributed by atoms with E-state index < -0.39 is 35.0 Å². The molecule has 1 rings (SSSR count). The lowest BCUT2D eigenvalue weighted by Gasteiger charge is -2.32. The Balaban J connectivity index is 2.85. The van der Waals surface area contributed by atoms with E-state index in [2.05, 4.69) is 0 Å². The number of hydrogen-bond acceptors (Lipinski definition) is 5. The largest absolute Gasteiger partial charge is 0.480 e. The highest BCUT2D eigenvalue weighted by molar-refractivity contribution is 7.78. The Bertz CT molecular complexity index is 350. The molecule has 2 atom stereocenters. The standard InChI is InChI=1S/C9H15NO6S/c1-9(2,3)16-8(13)10-6(7(11)12)4-5-15-17(10)14/h6H,4-5H2,1-3H3,(H,11,12)/t6-,17?/m0/s1. The number of carbonyl (C=O) groups excluding carboxylic acids is 1. The quantitative estimate of drug-likeness (QED) is 0.749. The van der Waals surface area contributed by atoms with Crippen molar-refractivity contribution in [1.82, 2.24) is 4.31 Å². The van der Waals surface area contributed by atoms with Crippen LogP contribution in [0.3, 0.4) is 0 Å². The van der Waals surface area contributed by atoms with Gasteiger partial charge in [-0.2, -0.15) is 4.31 Å². The predicted molar refractivity (Wildman–Crippen MR) is 58.2 cm³/mol. The fourth-order valence-electron chi connectivity index (χ4n) is 1.23. The van der Waals surface area contributed by atoms with Gasteiger partial charge in [0.05, 0.1) is 6.61 Å². The van der Waals surface area contributed by atoms with E-state index in [0.29, 0.717) is 4.31 Å². The first-order valence-corrected chi connectivity index (χ1v) is 6.06. The van der Waals surface area contributed by atoms with Crippen molar-refractivity contribution in [2.75, 3.05) is 6.61 Å². The third kappa shape index (κ3) is 3.67. The molecule has 17 heavy (non-hydrogen) atoms. The van der Waals surface area contributed by atoms with E-state index >= 15 is 0 Å². The molecule has 0 aliphatic carbocycles. The molecule has 0 radical (unpaired) electrons. The van der Waals surface area contributed by atoms with E-state index in [4.69, 9.17) is 14.0 Å². The first kappa shape index (κ1) is 13.9. The van der Waals surface area contributed by atoms with Crippen LogP contribution in [0.2, 0.25) is 0 Å². The Morgan fingerprint density at radius 1 is 1.47 bits per heavy atom. The molecule has 0 bridgehead atoms. The number of carbonyl (C=O) groups is 2. The van der Waals surface area contributed by atoms with Crippen molar-refractivity contribution in [2.24, 2.45) is 0 Å². The number of ether oxygens (including phenoxy) is 1. The number of nitrogens with zero attached hydrogens (tertiary/aromatic N) is 1. The predicted octanol–water partition coefficient (Wildman–Crippen LogP) is 0.676. The smallest absolute Gasteiger partial charge is 0.424 e. The molecular weight excluding hydrogens is 250 g/mol. The van der Waals surface area contributed by atoms with Gasteiger partial charge in [0, 0.05) is 6.42 Å². The van der Waals surface area contributed by atoms with E-state index in [1.165, 1.54) is 0 Å². The third-order valence-corrected chi connectivity index (χ3v) is 2.97. The molecule has 1 saturated heterocycles. The summed E-state index contributed by atoms with van der Waals surface area (Å²) in [5.74, 6) is -1.23. The van der Waals surface area contributed by atoms with E-state index in [0.717, 1.165) is 0 Å². The normalized spacial score (nSPS) is 25.5. The summed E-state index contributed by atoms with van der Waals surface area (Å²) < 4.78 is 21.8. The second kappa shape index (κ2) is 5.01. The second-order valence-corrected chi connectivity index (χ2v) is 5.55. The summed E-state index contributed by atoms with van der Waals surface area (Å²) >= 11 is -2.12. The van der Waals surface area contributed by atoms with Crippen LogP contribution < -0.4 is 0 Å². The van der Waals surface area contributed by atoms with Crippen molar-refractivity contribution >= 4 is 23.3 Å². The molecule has 1 amide bonds. The van der Waals surface area contributed by atoms with Crippen LogP contribution in [0.5, 0.6) is 0 Å². The van der Waals surface area contributed by atoms with Crippen molar-refractivity contribution in [3.8, 4) is 0 Å². The molecule has 1 N–H and O–H groups in total. The lowest BCUT2D eigenvalue weighted by atomic mass is 10.2. The summed E-state index contributed by atoms with van der Waals surface area (Å²) in [6.45, 7) is 4.93. The van der Waals surface area contributed by atoms with Crippen molar-refractivity contribution in [2.45, 2.75) is 38.8 Å². The Morgan fingerprint density at radius 2 is 2.06 bits per heavy atom. The van der Waals surface area contributed by atoms with Crippen LogP contribution in [0.15, 0.2) is 0 Å². The van der Waals surface area contributed by atoms with E-state index in [-0.39, 0.29) is 13.0 Å². The Kier molecular flexibility index (Phi) is 4.10. The Morgan fingerprint density at radius 3 is 2.53 bits per heavy atom. The summed E-state index contributed by atoms with van der Waals surface area (Å²) in [7, 11) is 0. The molecule has 7 nitrogen and oxygen atoms in total. The Hall–Kier alpha value is -1.15. The van der Waals surface area contributed by atoms with Gasteiger partial charge >= 0.3 is 12.1 Å². The highest BCUT2D eigenvalue weighted by Gasteiger charge is 2.40. The molecule has 1 heterocycles. The lowest BCUT2D eigenvalue weighted by Crippen LogP contribution is -2.51. The highest BCUT2D eigenvalue weighted by atomic mass is 32.2. The number of amides is 1. The van der Waals surface area contributed by atoms with Gasteiger partial charge in [0.25, 0.3) is 11.3 Å². The van der Waals surface area contributed by atoms with Crippen LogP contribution in [-0.2, 0) is 25.0 Å². The van der Waals surface area contributed by atoms with E-state index in [9.17, 15) is 13.8 Å². The van der Waals surface area contributed by atoms with Gasteiger partial charge in [0.15, 0.2) is 6.04 Å². The number of hydrogen-bond donors (Lipinski definition) is 1. The van der Waals surface area contributed by atoms with Crippen LogP contribution in [0.4, 0.5) is 4.79 Å². The lowest BCUT2D eigenvalue weighted by molar-refractivity contribution is -0.142. The minimum absolute atomic E-state index is 0.0306. The molecule has 1 unspecified atom stereocenters. The van der Waals surface area contributed by atoms with Crippen LogP contribution in [-0.4, -0.2) is 43.9 Å². The summed E-state index contributed by atoms with van der Waals surface area (Å²) in [4.78, 5) is 22.6. The van der Waals surface area contributed by atoms with Crippen LogP contribution in [0, 0.1) is 0 Å². The zero-order valence-corrected chi connectivity index (χ0v) is 10.7. The minimum Gasteiger partial charge on any atom is -0.480 e. The zero-order chi connectivity index (χ0) is 13.2. The molecule has 0 aromatic rings. The summed E-state index contributed by atoms with van der Waals surface area (Å²) in [6, 6.07) is -1.18. The van der Waals surface area contributed by atoms with Gasteiger partial charge in [-0.25, -0.2) is 13.8 Å². The van der Waals surface area contributed by atoms with Gasteiger partial charge in [-0.3, -0.25) is 4.18 Å². The molecular formula is C9H15NO6S. The summed E-state index contributed by atoms with van der Waals surface area (Å²) in [5, 5.41) is 8.93. The van der Waals surface area contributed by atoms with Gasteiger partial charge in [0.1, 0.15) is 5.60 Å². The average molecular weight is 265 g/mol. The van der Waals surface area contributed by atoms with Gasteiger partial charge in [-0.1, -0.05) is 0 Å². The minimum atomic E-state index is -2.12. The fourth-order valence-corrected chi connectivity index (χ4v) is 2.14. The SMILES string of the molecule is CC(C)(C)OC(=O)N1[C@H](C(=O)O)CCOS1=O. The molecule has 1 fully saturated rings. The van der Waals surface area contributed by atoms with Gasteiger partial charge < -0.3 is 9.84 Å². The van der Waals surface area contributed by atoms with Crippen LogP contribution in [0.25, 0.3) is 0 Å². The Labute approximate surface area is 101 Å². The third-order valence-electron chi connectivity index (χ3n) is 1.88. The number of rotatable bonds is 1. The van der Waals surface area contributed by atoms with Crippen molar-refractivity contribution in [3.63, 3.8) is 0 Å². The van der Waals surface area contributed by atoms with Gasteiger partial charge in [0.2, 0.25) is 0 Å². The molecule has 0 aromatic carbocycles. The summed E-state index contributed by atoms with van der Waals surface area (Å²) in [6.07, 6.45) is -0.872. The first-order chi connectivity index (χ1) is 7.72. The molecule has 0 saturated carbocycles. The van der Waals surface area contributed by atoms with Crippen LogP contribution >= 0.6 is 0 Å². The average Bonchev–Trinajstić information content (AvgIpc) is 2.13. The summed E-state index contributed by atoms with van der Waals surface area (Å²) in [5.41, 5.74) is -0.790. The monoisotopic (exact) mass is 265 g/mol. The maximum Gasteiger partial charge on any atom is 0.424 e.